The van der Waals surface area contributed by atoms with Crippen molar-refractivity contribution in [3.63, 3.8) is 0 Å². The van der Waals surface area contributed by atoms with Gasteiger partial charge in [-0.15, -0.1) is 16.8 Å². The Hall–Kier alpha value is -3.53. The highest BCUT2D eigenvalue weighted by molar-refractivity contribution is 7.99. The van der Waals surface area contributed by atoms with Crippen LogP contribution in [0.1, 0.15) is 5.56 Å². The lowest BCUT2D eigenvalue weighted by Crippen LogP contribution is -2.30. The lowest BCUT2D eigenvalue weighted by molar-refractivity contribution is -0.384. The second-order valence-corrected chi connectivity index (χ2v) is 7.78. The van der Waals surface area contributed by atoms with Crippen LogP contribution in [0.3, 0.4) is 0 Å². The number of carbonyl (C=O) groups excluding carboxylic acids is 1. The van der Waals surface area contributed by atoms with Crippen LogP contribution in [0.2, 0.25) is 0 Å². The summed E-state index contributed by atoms with van der Waals surface area (Å²) in [6.07, 6.45) is 2.22. The third kappa shape index (κ3) is 4.06. The lowest BCUT2D eigenvalue weighted by atomic mass is 10.1. The molecular weight excluding hydrogens is 421 g/mol. The largest absolute Gasteiger partial charge is 0.311 e. The van der Waals surface area contributed by atoms with Crippen molar-refractivity contribution in [2.45, 2.75) is 18.1 Å². The third-order valence-electron chi connectivity index (χ3n) is 4.94. The zero-order valence-electron chi connectivity index (χ0n) is 16.4. The molecule has 8 nitrogen and oxygen atoms in total. The van der Waals surface area contributed by atoms with Crippen molar-refractivity contribution in [2.24, 2.45) is 0 Å². The SMILES string of the molecule is C=CCn1c(SCC(=O)N2CCc3cc([N+](=O)[O-])ccc32)nnc1-c1ccccc1F. The maximum atomic E-state index is 14.2. The highest BCUT2D eigenvalue weighted by Crippen LogP contribution is 2.32. The first-order chi connectivity index (χ1) is 15.0. The van der Waals surface area contributed by atoms with E-state index in [-0.39, 0.29) is 17.3 Å². The Morgan fingerprint density at radius 2 is 2.10 bits per heavy atom. The molecule has 1 amide bonds. The lowest BCUT2D eigenvalue weighted by Gasteiger charge is -2.17. The number of nitro groups is 1. The van der Waals surface area contributed by atoms with E-state index in [1.807, 2.05) is 0 Å². The first-order valence-corrected chi connectivity index (χ1v) is 10.5. The quantitative estimate of drug-likeness (QED) is 0.240. The molecule has 0 N–H and O–H groups in total. The van der Waals surface area contributed by atoms with Gasteiger partial charge in [-0.1, -0.05) is 30.0 Å². The number of carbonyl (C=O) groups is 1. The summed E-state index contributed by atoms with van der Waals surface area (Å²) in [4.78, 5) is 25.0. The van der Waals surface area contributed by atoms with Gasteiger partial charge in [0.1, 0.15) is 5.82 Å². The van der Waals surface area contributed by atoms with Gasteiger partial charge in [0, 0.05) is 30.9 Å². The molecule has 1 aliphatic rings. The minimum absolute atomic E-state index is 0.0145. The molecule has 31 heavy (non-hydrogen) atoms. The summed E-state index contributed by atoms with van der Waals surface area (Å²) in [5.74, 6) is -0.0798. The average Bonchev–Trinajstić information content (AvgIpc) is 3.36. The van der Waals surface area contributed by atoms with Crippen LogP contribution in [-0.4, -0.2) is 37.9 Å². The van der Waals surface area contributed by atoms with Crippen molar-refractivity contribution < 1.29 is 14.1 Å². The van der Waals surface area contributed by atoms with E-state index < -0.39 is 10.7 Å². The normalized spacial score (nSPS) is 12.6. The minimum atomic E-state index is -0.444. The highest BCUT2D eigenvalue weighted by atomic mass is 32.2. The van der Waals surface area contributed by atoms with Gasteiger partial charge in [0.15, 0.2) is 11.0 Å². The number of anilines is 1. The van der Waals surface area contributed by atoms with Crippen molar-refractivity contribution in [3.8, 4) is 11.4 Å². The minimum Gasteiger partial charge on any atom is -0.311 e. The van der Waals surface area contributed by atoms with Gasteiger partial charge in [-0.3, -0.25) is 19.5 Å². The smallest absolute Gasteiger partial charge is 0.269 e. The molecule has 158 valence electrons. The Morgan fingerprint density at radius 1 is 1.29 bits per heavy atom. The molecule has 1 aromatic heterocycles. The van der Waals surface area contributed by atoms with Crippen LogP contribution >= 0.6 is 11.8 Å². The summed E-state index contributed by atoms with van der Waals surface area (Å²) >= 11 is 1.21. The predicted octanol–water partition coefficient (Wildman–Crippen LogP) is 3.86. The van der Waals surface area contributed by atoms with Gasteiger partial charge in [-0.2, -0.15) is 0 Å². The molecule has 0 aliphatic carbocycles. The molecule has 0 radical (unpaired) electrons. The van der Waals surface area contributed by atoms with E-state index in [4.69, 9.17) is 0 Å². The molecule has 0 bridgehead atoms. The van der Waals surface area contributed by atoms with Crippen molar-refractivity contribution in [1.29, 1.82) is 0 Å². The van der Waals surface area contributed by atoms with Crippen LogP contribution in [0.15, 0.2) is 60.3 Å². The molecule has 0 saturated heterocycles. The van der Waals surface area contributed by atoms with Gasteiger partial charge in [0.2, 0.25) is 5.91 Å². The van der Waals surface area contributed by atoms with Gasteiger partial charge in [0.25, 0.3) is 5.69 Å². The zero-order chi connectivity index (χ0) is 22.0. The van der Waals surface area contributed by atoms with E-state index in [1.54, 1.807) is 39.8 Å². The Labute approximate surface area is 181 Å². The van der Waals surface area contributed by atoms with Crippen LogP contribution in [0.5, 0.6) is 0 Å². The molecule has 2 aromatic carbocycles. The Kier molecular flexibility index (Phi) is 5.81. The number of aromatic nitrogens is 3. The third-order valence-corrected chi connectivity index (χ3v) is 5.89. The summed E-state index contributed by atoms with van der Waals surface area (Å²) in [6, 6.07) is 10.8. The fourth-order valence-corrected chi connectivity index (χ4v) is 4.32. The van der Waals surface area contributed by atoms with E-state index in [1.165, 1.54) is 30.0 Å². The number of hydrogen-bond donors (Lipinski definition) is 0. The standard InChI is InChI=1S/C21H18FN5O3S/c1-2-10-26-20(16-5-3-4-6-17(16)22)23-24-21(26)31-13-19(28)25-11-9-14-12-15(27(29)30)7-8-18(14)25/h2-8,12H,1,9-11,13H2. The van der Waals surface area contributed by atoms with Gasteiger partial charge >= 0.3 is 0 Å². The number of halogens is 1. The number of nitro benzene ring substituents is 1. The summed E-state index contributed by atoms with van der Waals surface area (Å²) in [5.41, 5.74) is 1.81. The number of allylic oxidation sites excluding steroid dienone is 1. The molecular formula is C21H18FN5O3S. The fraction of sp³-hybridized carbons (Fsp3) is 0.190. The molecule has 1 aliphatic heterocycles. The number of benzene rings is 2. The maximum absolute atomic E-state index is 14.2. The van der Waals surface area contributed by atoms with E-state index in [0.717, 1.165) is 5.56 Å². The number of non-ortho nitro benzene ring substituents is 1. The van der Waals surface area contributed by atoms with Crippen LogP contribution in [0, 0.1) is 15.9 Å². The first kappa shape index (κ1) is 20.7. The molecule has 4 rings (SSSR count). The van der Waals surface area contributed by atoms with Crippen molar-refractivity contribution in [2.75, 3.05) is 17.2 Å². The molecule has 10 heteroatoms. The highest BCUT2D eigenvalue weighted by Gasteiger charge is 2.27. The summed E-state index contributed by atoms with van der Waals surface area (Å²) < 4.78 is 15.9. The molecule has 0 unspecified atom stereocenters. The van der Waals surface area contributed by atoms with Gasteiger partial charge in [0.05, 0.1) is 16.2 Å². The number of amides is 1. The van der Waals surface area contributed by atoms with E-state index in [0.29, 0.717) is 41.7 Å². The number of rotatable bonds is 7. The Morgan fingerprint density at radius 3 is 2.84 bits per heavy atom. The van der Waals surface area contributed by atoms with Gasteiger partial charge in [-0.25, -0.2) is 4.39 Å². The van der Waals surface area contributed by atoms with Gasteiger partial charge < -0.3 is 4.90 Å². The monoisotopic (exact) mass is 439 g/mol. The predicted molar refractivity (Wildman–Crippen MR) is 115 cm³/mol. The van der Waals surface area contributed by atoms with Crippen LogP contribution in [0.4, 0.5) is 15.8 Å². The molecule has 0 atom stereocenters. The van der Waals surface area contributed by atoms with Crippen LogP contribution in [0.25, 0.3) is 11.4 Å². The van der Waals surface area contributed by atoms with Gasteiger partial charge in [-0.05, 0) is 30.2 Å². The van der Waals surface area contributed by atoms with E-state index >= 15 is 0 Å². The number of fused-ring (bicyclic) bond motifs is 1. The number of hydrogen-bond acceptors (Lipinski definition) is 6. The second-order valence-electron chi connectivity index (χ2n) is 6.84. The topological polar surface area (TPSA) is 94.2 Å². The van der Waals surface area contributed by atoms with E-state index in [9.17, 15) is 19.3 Å². The molecule has 0 saturated carbocycles. The Balaban J connectivity index is 1.52. The van der Waals surface area contributed by atoms with Crippen LogP contribution < -0.4 is 4.90 Å². The Bertz CT molecular complexity index is 1180. The number of nitrogens with zero attached hydrogens (tertiary/aromatic N) is 5. The maximum Gasteiger partial charge on any atom is 0.269 e. The molecule has 0 spiro atoms. The molecule has 0 fully saturated rings. The first-order valence-electron chi connectivity index (χ1n) is 9.49. The van der Waals surface area contributed by atoms with Crippen molar-refractivity contribution >= 4 is 29.0 Å². The van der Waals surface area contributed by atoms with Crippen LogP contribution in [-0.2, 0) is 17.8 Å². The average molecular weight is 439 g/mol. The number of thioether (sulfide) groups is 1. The summed E-state index contributed by atoms with van der Waals surface area (Å²) in [7, 11) is 0. The summed E-state index contributed by atoms with van der Waals surface area (Å²) in [5, 5.41) is 19.7. The molecule has 2 heterocycles. The van der Waals surface area contributed by atoms with E-state index in [2.05, 4.69) is 16.8 Å². The summed E-state index contributed by atoms with van der Waals surface area (Å²) in [6.45, 7) is 4.57. The fourth-order valence-electron chi connectivity index (χ4n) is 3.50. The second kappa shape index (κ2) is 8.68. The zero-order valence-corrected chi connectivity index (χ0v) is 17.2. The van der Waals surface area contributed by atoms with Crippen molar-refractivity contribution in [3.05, 3.63) is 76.6 Å². The van der Waals surface area contributed by atoms with Crippen molar-refractivity contribution in [1.82, 2.24) is 14.8 Å². The molecule has 3 aromatic rings.